The summed E-state index contributed by atoms with van der Waals surface area (Å²) in [6, 6.07) is 15.9. The highest BCUT2D eigenvalue weighted by molar-refractivity contribution is 6.22. The van der Waals surface area contributed by atoms with Gasteiger partial charge >= 0.3 is 0 Å². The summed E-state index contributed by atoms with van der Waals surface area (Å²) in [5.41, 5.74) is 3.32. The lowest BCUT2D eigenvalue weighted by molar-refractivity contribution is -0.123. The van der Waals surface area contributed by atoms with Crippen molar-refractivity contribution in [3.63, 3.8) is 0 Å². The fourth-order valence-electron chi connectivity index (χ4n) is 5.44. The minimum absolute atomic E-state index is 0. The number of rotatable bonds is 9. The van der Waals surface area contributed by atoms with Crippen LogP contribution in [0, 0.1) is 0 Å². The molecule has 1 N–H and O–H groups in total. The molecular weight excluding hydrogens is 488 g/mol. The number of nitrogens with one attached hydrogen (secondary N) is 1. The molecule has 1 amide bonds. The van der Waals surface area contributed by atoms with Gasteiger partial charge in [-0.25, -0.2) is 0 Å². The summed E-state index contributed by atoms with van der Waals surface area (Å²) in [5.74, 6) is 1.14. The molecule has 0 unspecified atom stereocenters. The highest BCUT2D eigenvalue weighted by atomic mass is 35.5. The molecule has 0 atom stereocenters. The minimum Gasteiger partial charge on any atom is -0.494 e. The zero-order chi connectivity index (χ0) is 24.9. The monoisotopic (exact) mass is 524 g/mol. The largest absolute Gasteiger partial charge is 0.494 e. The molecule has 0 bridgehead atoms. The van der Waals surface area contributed by atoms with Gasteiger partial charge in [-0.15, -0.1) is 12.4 Å². The third-order valence-corrected chi connectivity index (χ3v) is 7.30. The van der Waals surface area contributed by atoms with Crippen LogP contribution >= 0.6 is 12.4 Å². The second-order valence-corrected chi connectivity index (χ2v) is 9.69. The van der Waals surface area contributed by atoms with E-state index in [1.54, 1.807) is 0 Å². The topological polar surface area (TPSA) is 65.1 Å². The first-order valence-electron chi connectivity index (χ1n) is 13.3. The van der Waals surface area contributed by atoms with Gasteiger partial charge in [-0.1, -0.05) is 30.7 Å². The van der Waals surface area contributed by atoms with Crippen LogP contribution < -0.4 is 19.9 Å². The fourth-order valence-corrected chi connectivity index (χ4v) is 5.44. The maximum Gasteiger partial charge on any atom is 0.258 e. The van der Waals surface area contributed by atoms with E-state index in [-0.39, 0.29) is 29.7 Å². The van der Waals surface area contributed by atoms with Crippen LogP contribution in [0.5, 0.6) is 5.75 Å². The number of anilines is 2. The molecule has 3 aliphatic heterocycles. The van der Waals surface area contributed by atoms with Crippen LogP contribution in [-0.4, -0.2) is 55.9 Å². The summed E-state index contributed by atoms with van der Waals surface area (Å²) in [6.07, 6.45) is 5.35. The van der Waals surface area contributed by atoms with E-state index in [1.807, 2.05) is 55.5 Å². The Labute approximate surface area is 225 Å². The van der Waals surface area contributed by atoms with Gasteiger partial charge in [0.05, 0.1) is 18.0 Å². The smallest absolute Gasteiger partial charge is 0.258 e. The Balaban J connectivity index is 0.00000320. The van der Waals surface area contributed by atoms with Crippen molar-refractivity contribution in [3.8, 4) is 5.75 Å². The Kier molecular flexibility index (Phi) is 9.11. The highest BCUT2D eigenvalue weighted by Gasteiger charge is 2.40. The van der Waals surface area contributed by atoms with Crippen molar-refractivity contribution in [2.45, 2.75) is 45.6 Å². The van der Waals surface area contributed by atoms with Crippen LogP contribution in [0.2, 0.25) is 0 Å². The lowest BCUT2D eigenvalue weighted by Gasteiger charge is -2.30. The van der Waals surface area contributed by atoms with Gasteiger partial charge in [0, 0.05) is 32.6 Å². The average molecular weight is 525 g/mol. The third kappa shape index (κ3) is 5.94. The summed E-state index contributed by atoms with van der Waals surface area (Å²) < 4.78 is 5.91. The Bertz CT molecular complexity index is 1110. The summed E-state index contributed by atoms with van der Waals surface area (Å²) >= 11 is 0. The highest BCUT2D eigenvalue weighted by Crippen LogP contribution is 2.44. The number of hydrogen-bond donors (Lipinski definition) is 1. The number of fused-ring (bicyclic) bond motifs is 3. The quantitative estimate of drug-likeness (QED) is 0.384. The zero-order valence-corrected chi connectivity index (χ0v) is 22.4. The fraction of sp³-hybridized carbons (Fsp3) is 0.448. The maximum atomic E-state index is 13.2. The Morgan fingerprint density at radius 2 is 1.70 bits per heavy atom. The van der Waals surface area contributed by atoms with Gasteiger partial charge in [0.2, 0.25) is 0 Å². The molecule has 0 aromatic heterocycles. The van der Waals surface area contributed by atoms with E-state index in [4.69, 9.17) is 4.74 Å². The van der Waals surface area contributed by atoms with Crippen molar-refractivity contribution in [2.24, 2.45) is 0 Å². The molecule has 7 nitrogen and oxygen atoms in total. The molecule has 2 aromatic rings. The van der Waals surface area contributed by atoms with Gasteiger partial charge < -0.3 is 24.8 Å². The summed E-state index contributed by atoms with van der Waals surface area (Å²) in [4.78, 5) is 32.8. The predicted octanol–water partition coefficient (Wildman–Crippen LogP) is 4.51. The summed E-state index contributed by atoms with van der Waals surface area (Å²) in [6.45, 7) is 7.91. The van der Waals surface area contributed by atoms with Crippen molar-refractivity contribution in [3.05, 3.63) is 65.5 Å². The molecule has 1 fully saturated rings. The van der Waals surface area contributed by atoms with E-state index in [9.17, 15) is 9.59 Å². The molecule has 0 radical (unpaired) electrons. The number of amides is 1. The summed E-state index contributed by atoms with van der Waals surface area (Å²) in [5, 5.41) is 2.97. The molecule has 0 aliphatic carbocycles. The SMILES string of the molecule is CCN1C2=C(C(=O)NCc3ccc(OCCCN4CCCCC4)cc3)C(=O)CCN2c2ccccc21.Cl. The third-order valence-electron chi connectivity index (χ3n) is 7.30. The van der Waals surface area contributed by atoms with E-state index in [1.165, 1.54) is 32.4 Å². The van der Waals surface area contributed by atoms with Crippen LogP contribution in [0.1, 0.15) is 44.6 Å². The molecule has 8 heteroatoms. The van der Waals surface area contributed by atoms with E-state index in [0.717, 1.165) is 35.7 Å². The van der Waals surface area contributed by atoms with Crippen molar-refractivity contribution < 1.29 is 14.3 Å². The number of hydrogen-bond acceptors (Lipinski definition) is 6. The van der Waals surface area contributed by atoms with E-state index >= 15 is 0 Å². The van der Waals surface area contributed by atoms with Crippen molar-refractivity contribution >= 4 is 35.5 Å². The molecule has 2 aromatic carbocycles. The van der Waals surface area contributed by atoms with Crippen LogP contribution in [0.3, 0.4) is 0 Å². The second kappa shape index (κ2) is 12.5. The van der Waals surface area contributed by atoms with E-state index < -0.39 is 0 Å². The van der Waals surface area contributed by atoms with Crippen LogP contribution in [-0.2, 0) is 16.1 Å². The molecular formula is C29H37ClN4O3. The average Bonchev–Trinajstić information content (AvgIpc) is 3.24. The standard InChI is InChI=1S/C29H36N4O3.ClH/c1-2-32-24-9-4-5-10-25(24)33-19-15-26(34)27(29(32)33)28(35)30-21-22-11-13-23(14-12-22)36-20-8-18-31-16-6-3-7-17-31;/h4-5,9-14H,2-3,6-8,15-21H2,1H3,(H,30,35);1H. The number of para-hydroxylation sites is 2. The van der Waals surface area contributed by atoms with Gasteiger partial charge in [0.15, 0.2) is 5.78 Å². The Hall–Kier alpha value is -3.03. The molecule has 1 saturated heterocycles. The van der Waals surface area contributed by atoms with Crippen molar-refractivity contribution in [2.75, 3.05) is 49.1 Å². The predicted molar refractivity (Wildman–Crippen MR) is 149 cm³/mol. The van der Waals surface area contributed by atoms with E-state index in [0.29, 0.717) is 38.5 Å². The Morgan fingerprint density at radius 1 is 0.973 bits per heavy atom. The van der Waals surface area contributed by atoms with Gasteiger partial charge in [0.25, 0.3) is 5.91 Å². The first kappa shape index (κ1) is 27.0. The maximum absolute atomic E-state index is 13.2. The first-order valence-corrected chi connectivity index (χ1v) is 13.3. The number of ketones is 1. The number of likely N-dealkylation sites (tertiary alicyclic amines) is 1. The van der Waals surface area contributed by atoms with Crippen LogP contribution in [0.25, 0.3) is 0 Å². The molecule has 5 rings (SSSR count). The molecule has 3 heterocycles. The molecule has 3 aliphatic rings. The number of carbonyl (C=O) groups excluding carboxylic acids is 2. The number of benzene rings is 2. The number of halogens is 1. The number of carbonyl (C=O) groups is 2. The molecule has 198 valence electrons. The van der Waals surface area contributed by atoms with Gasteiger partial charge in [-0.2, -0.15) is 0 Å². The van der Waals surface area contributed by atoms with Gasteiger partial charge in [-0.05, 0) is 69.1 Å². The number of ether oxygens (including phenoxy) is 1. The number of nitrogens with zero attached hydrogens (tertiary/aromatic N) is 3. The second-order valence-electron chi connectivity index (χ2n) is 9.69. The van der Waals surface area contributed by atoms with Crippen LogP contribution in [0.4, 0.5) is 11.4 Å². The first-order chi connectivity index (χ1) is 17.7. The van der Waals surface area contributed by atoms with E-state index in [2.05, 4.69) is 20.0 Å². The zero-order valence-electron chi connectivity index (χ0n) is 21.6. The molecule has 0 spiro atoms. The number of piperidine rings is 1. The van der Waals surface area contributed by atoms with Crippen molar-refractivity contribution in [1.82, 2.24) is 10.2 Å². The van der Waals surface area contributed by atoms with Gasteiger partial charge in [0.1, 0.15) is 17.1 Å². The van der Waals surface area contributed by atoms with Gasteiger partial charge in [-0.3, -0.25) is 9.59 Å². The Morgan fingerprint density at radius 3 is 2.43 bits per heavy atom. The lowest BCUT2D eigenvalue weighted by atomic mass is 10.0. The molecule has 37 heavy (non-hydrogen) atoms. The number of Topliss-reactive ketones (excluding diaryl/α,β-unsaturated/α-hetero) is 1. The van der Waals surface area contributed by atoms with Crippen LogP contribution in [0.15, 0.2) is 59.9 Å². The molecule has 0 saturated carbocycles. The normalized spacial score (nSPS) is 17.3. The summed E-state index contributed by atoms with van der Waals surface area (Å²) in [7, 11) is 0. The lowest BCUT2D eigenvalue weighted by Crippen LogP contribution is -2.42. The van der Waals surface area contributed by atoms with Crippen molar-refractivity contribution in [1.29, 1.82) is 0 Å². The minimum atomic E-state index is -0.316.